The normalized spacial score (nSPS) is 11.2. The molecule has 0 fully saturated rings. The third-order valence-electron chi connectivity index (χ3n) is 3.28. The third kappa shape index (κ3) is 7.21. The van der Waals surface area contributed by atoms with E-state index in [1.54, 1.807) is 37.6 Å². The van der Waals surface area contributed by atoms with Crippen LogP contribution in [-0.4, -0.2) is 38.6 Å². The molecule has 0 aliphatic carbocycles. The molecule has 0 bridgehead atoms. The van der Waals surface area contributed by atoms with Gasteiger partial charge in [-0.25, -0.2) is 0 Å². The molecule has 7 nitrogen and oxygen atoms in total. The van der Waals surface area contributed by atoms with E-state index in [4.69, 9.17) is 44.0 Å². The monoisotopic (exact) mass is 432 g/mol. The van der Waals surface area contributed by atoms with E-state index in [0.29, 0.717) is 45.6 Å². The molecule has 0 unspecified atom stereocenters. The summed E-state index contributed by atoms with van der Waals surface area (Å²) in [5.74, 6) is 1.32. The van der Waals surface area contributed by atoms with Crippen LogP contribution in [0, 0.1) is 0 Å². The lowest BCUT2D eigenvalue weighted by molar-refractivity contribution is -0.120. The van der Waals surface area contributed by atoms with Crippen LogP contribution in [0.2, 0.25) is 15.1 Å². The highest BCUT2D eigenvalue weighted by atomic mass is 35.5. The molecule has 0 aliphatic rings. The van der Waals surface area contributed by atoms with Crippen LogP contribution in [0.25, 0.3) is 0 Å². The molecule has 1 aromatic carbocycles. The second-order valence-electron chi connectivity index (χ2n) is 5.26. The Hall–Kier alpha value is -2.09. The van der Waals surface area contributed by atoms with Crippen LogP contribution in [0.1, 0.15) is 5.76 Å². The number of hydrogen-bond acceptors (Lipinski definition) is 4. The van der Waals surface area contributed by atoms with Crippen molar-refractivity contribution in [1.29, 1.82) is 0 Å². The van der Waals surface area contributed by atoms with Crippen LogP contribution in [0.4, 0.5) is 0 Å². The molecule has 0 aliphatic heterocycles. The van der Waals surface area contributed by atoms with Gasteiger partial charge in [0.1, 0.15) is 12.4 Å². The van der Waals surface area contributed by atoms with Crippen molar-refractivity contribution in [2.45, 2.75) is 6.54 Å². The zero-order valence-corrected chi connectivity index (χ0v) is 16.8. The van der Waals surface area contributed by atoms with E-state index in [2.05, 4.69) is 20.9 Å². The minimum Gasteiger partial charge on any atom is -0.489 e. The first-order valence-corrected chi connectivity index (χ1v) is 9.14. The number of nitrogens with zero attached hydrogens (tertiary/aromatic N) is 1. The molecule has 0 atom stereocenters. The molecular formula is C17H19Cl3N4O3. The van der Waals surface area contributed by atoms with Gasteiger partial charge in [0.2, 0.25) is 5.91 Å². The summed E-state index contributed by atoms with van der Waals surface area (Å²) in [6, 6.07) is 6.66. The van der Waals surface area contributed by atoms with Crippen molar-refractivity contribution in [3.63, 3.8) is 0 Å². The zero-order chi connectivity index (χ0) is 19.6. The van der Waals surface area contributed by atoms with Crippen molar-refractivity contribution in [2.24, 2.45) is 4.99 Å². The molecule has 2 aromatic rings. The predicted octanol–water partition coefficient (Wildman–Crippen LogP) is 3.10. The number of aliphatic imine (C=N–C) groups is 1. The maximum atomic E-state index is 11.8. The fraction of sp³-hybridized carbons (Fsp3) is 0.294. The summed E-state index contributed by atoms with van der Waals surface area (Å²) in [5.41, 5.74) is 0. The number of rotatable bonds is 8. The molecular weight excluding hydrogens is 415 g/mol. The molecule has 0 radical (unpaired) electrons. The van der Waals surface area contributed by atoms with E-state index in [-0.39, 0.29) is 19.1 Å². The van der Waals surface area contributed by atoms with Gasteiger partial charge in [0.05, 0.1) is 35.9 Å². The Kier molecular flexibility index (Phi) is 8.57. The van der Waals surface area contributed by atoms with Crippen molar-refractivity contribution in [3.8, 4) is 5.75 Å². The highest BCUT2D eigenvalue weighted by Crippen LogP contribution is 2.35. The minimum atomic E-state index is -0.190. The average Bonchev–Trinajstić information content (AvgIpc) is 3.14. The molecule has 10 heteroatoms. The van der Waals surface area contributed by atoms with Gasteiger partial charge in [0, 0.05) is 12.1 Å². The van der Waals surface area contributed by atoms with Crippen LogP contribution < -0.4 is 20.7 Å². The number of carbonyl (C=O) groups excluding carboxylic acids is 1. The van der Waals surface area contributed by atoms with Gasteiger partial charge in [-0.1, -0.05) is 34.8 Å². The summed E-state index contributed by atoms with van der Waals surface area (Å²) in [5, 5.41) is 9.75. The lowest BCUT2D eigenvalue weighted by Crippen LogP contribution is -2.44. The zero-order valence-electron chi connectivity index (χ0n) is 14.5. The maximum Gasteiger partial charge on any atom is 0.239 e. The maximum absolute atomic E-state index is 11.8. The number of amides is 1. The van der Waals surface area contributed by atoms with Crippen molar-refractivity contribution < 1.29 is 13.9 Å². The smallest absolute Gasteiger partial charge is 0.239 e. The second-order valence-corrected chi connectivity index (χ2v) is 6.51. The molecule has 1 aromatic heterocycles. The summed E-state index contributed by atoms with van der Waals surface area (Å²) in [4.78, 5) is 15.8. The molecule has 0 saturated carbocycles. The molecule has 1 amide bonds. The first-order chi connectivity index (χ1) is 13.0. The lowest BCUT2D eigenvalue weighted by Gasteiger charge is -2.13. The van der Waals surface area contributed by atoms with Crippen LogP contribution in [0.3, 0.4) is 0 Å². The fourth-order valence-corrected chi connectivity index (χ4v) is 2.96. The van der Waals surface area contributed by atoms with Crippen LogP contribution >= 0.6 is 34.8 Å². The van der Waals surface area contributed by atoms with Crippen molar-refractivity contribution in [2.75, 3.05) is 26.7 Å². The van der Waals surface area contributed by atoms with E-state index in [0.717, 1.165) is 0 Å². The van der Waals surface area contributed by atoms with Gasteiger partial charge in [-0.2, -0.15) is 0 Å². The molecule has 27 heavy (non-hydrogen) atoms. The standard InChI is InChI=1S/C17H19Cl3N4O3/c1-21-17(24-10-15(25)23-9-12-3-2-5-26-12)22-4-6-27-16-13(19)7-11(18)8-14(16)20/h2-3,5,7-8H,4,6,9-10H2,1H3,(H,23,25)(H2,21,22,24). The number of benzene rings is 1. The number of nitrogens with one attached hydrogen (secondary N) is 3. The molecule has 0 spiro atoms. The summed E-state index contributed by atoms with van der Waals surface area (Å²) < 4.78 is 10.7. The van der Waals surface area contributed by atoms with E-state index in [1.165, 1.54) is 0 Å². The molecule has 0 saturated heterocycles. The third-order valence-corrected chi connectivity index (χ3v) is 4.06. The quantitative estimate of drug-likeness (QED) is 0.338. The number of ether oxygens (including phenoxy) is 1. The van der Waals surface area contributed by atoms with Crippen LogP contribution in [0.15, 0.2) is 39.9 Å². The number of guanidine groups is 1. The average molecular weight is 434 g/mol. The van der Waals surface area contributed by atoms with E-state index in [9.17, 15) is 4.79 Å². The highest BCUT2D eigenvalue weighted by molar-refractivity contribution is 6.40. The number of carbonyl (C=O) groups is 1. The van der Waals surface area contributed by atoms with Gasteiger partial charge >= 0.3 is 0 Å². The lowest BCUT2D eigenvalue weighted by atomic mass is 10.3. The van der Waals surface area contributed by atoms with Gasteiger partial charge < -0.3 is 25.1 Å². The van der Waals surface area contributed by atoms with Gasteiger partial charge in [0.15, 0.2) is 11.7 Å². The summed E-state index contributed by atoms with van der Waals surface area (Å²) in [6.07, 6.45) is 1.55. The van der Waals surface area contributed by atoms with Crippen molar-refractivity contribution in [1.82, 2.24) is 16.0 Å². The summed E-state index contributed by atoms with van der Waals surface area (Å²) in [6.45, 7) is 1.10. The number of halogens is 3. The topological polar surface area (TPSA) is 87.9 Å². The van der Waals surface area contributed by atoms with Crippen molar-refractivity contribution >= 4 is 46.7 Å². The largest absolute Gasteiger partial charge is 0.489 e. The van der Waals surface area contributed by atoms with Crippen molar-refractivity contribution in [3.05, 3.63) is 51.4 Å². The number of furan rings is 1. The first-order valence-electron chi connectivity index (χ1n) is 8.00. The van der Waals surface area contributed by atoms with E-state index in [1.807, 2.05) is 0 Å². The Bertz CT molecular complexity index is 759. The molecule has 3 N–H and O–H groups in total. The van der Waals surface area contributed by atoms with Gasteiger partial charge in [-0.15, -0.1) is 0 Å². The fourth-order valence-electron chi connectivity index (χ4n) is 2.04. The van der Waals surface area contributed by atoms with Crippen LogP contribution in [0.5, 0.6) is 5.75 Å². The Morgan fingerprint density at radius 3 is 2.56 bits per heavy atom. The van der Waals surface area contributed by atoms with Crippen LogP contribution in [-0.2, 0) is 11.3 Å². The summed E-state index contributed by atoms with van der Waals surface area (Å²) >= 11 is 18.0. The minimum absolute atomic E-state index is 0.0656. The van der Waals surface area contributed by atoms with Gasteiger partial charge in [-0.3, -0.25) is 9.79 Å². The Morgan fingerprint density at radius 2 is 1.93 bits per heavy atom. The Labute approximate surface area is 172 Å². The molecule has 2 rings (SSSR count). The first kappa shape index (κ1) is 21.2. The van der Waals surface area contributed by atoms with Gasteiger partial charge in [-0.05, 0) is 24.3 Å². The van der Waals surface area contributed by atoms with E-state index >= 15 is 0 Å². The Balaban J connectivity index is 1.67. The predicted molar refractivity (Wildman–Crippen MR) is 107 cm³/mol. The van der Waals surface area contributed by atoms with E-state index < -0.39 is 0 Å². The SMILES string of the molecule is CN=C(NCCOc1c(Cl)cc(Cl)cc1Cl)NCC(=O)NCc1ccco1. The number of hydrogen-bond donors (Lipinski definition) is 3. The second kappa shape index (κ2) is 10.9. The summed E-state index contributed by atoms with van der Waals surface area (Å²) in [7, 11) is 1.60. The Morgan fingerprint density at radius 1 is 1.19 bits per heavy atom. The van der Waals surface area contributed by atoms with Gasteiger partial charge in [0.25, 0.3) is 0 Å². The molecule has 146 valence electrons. The highest BCUT2D eigenvalue weighted by Gasteiger charge is 2.09. The molecule has 1 heterocycles.